The van der Waals surface area contributed by atoms with Crippen LogP contribution in [0.5, 0.6) is 0 Å². The molecule has 0 atom stereocenters. The molecule has 10 aromatic rings. The maximum Gasteiger partial charge on any atom is 0.235 e. The van der Waals surface area contributed by atoms with Gasteiger partial charge in [0.15, 0.2) is 0 Å². The molecule has 0 unspecified atom stereocenters. The summed E-state index contributed by atoms with van der Waals surface area (Å²) in [5.74, 6) is 3.95. The lowest BCUT2D eigenvalue weighted by molar-refractivity contribution is -0.0399. The number of furan rings is 1. The average molecular weight is 746 g/mol. The lowest BCUT2D eigenvalue weighted by Crippen LogP contribution is -2.55. The second-order valence-electron chi connectivity index (χ2n) is 17.7. The molecular weight excluding hydrogens is 707 g/mol. The van der Waals surface area contributed by atoms with Gasteiger partial charge in [-0.3, -0.25) is 4.57 Å². The Balaban J connectivity index is 1.01. The molecule has 4 bridgehead atoms. The minimum absolute atomic E-state index is 0.123. The van der Waals surface area contributed by atoms with Gasteiger partial charge in [-0.2, -0.15) is 0 Å². The van der Waals surface area contributed by atoms with Crippen LogP contribution in [-0.2, 0) is 5.41 Å². The van der Waals surface area contributed by atoms with E-state index in [1.54, 1.807) is 11.1 Å². The van der Waals surface area contributed by atoms with Gasteiger partial charge < -0.3 is 4.42 Å². The average Bonchev–Trinajstić information content (AvgIpc) is 3.91. The van der Waals surface area contributed by atoms with Gasteiger partial charge in [0, 0.05) is 37.9 Å². The molecule has 5 aliphatic carbocycles. The van der Waals surface area contributed by atoms with E-state index >= 15 is 0 Å². The van der Waals surface area contributed by atoms with Gasteiger partial charge in [-0.05, 0) is 126 Å². The van der Waals surface area contributed by atoms with Crippen molar-refractivity contribution in [2.45, 2.75) is 37.5 Å². The highest BCUT2D eigenvalue weighted by Gasteiger charge is 2.61. The molecule has 0 amide bonds. The molecule has 4 fully saturated rings. The smallest absolute Gasteiger partial charge is 0.235 e. The zero-order valence-corrected chi connectivity index (χ0v) is 32.0. The number of nitrogens with zero attached hydrogens (tertiary/aromatic N) is 3. The van der Waals surface area contributed by atoms with Crippen LogP contribution >= 0.6 is 0 Å². The Bertz CT molecular complexity index is 3360. The summed E-state index contributed by atoms with van der Waals surface area (Å²) in [6.45, 7) is 0. The van der Waals surface area contributed by atoms with E-state index < -0.39 is 0 Å². The Morgan fingerprint density at radius 3 is 2.03 bits per heavy atom. The molecule has 0 radical (unpaired) electrons. The fourth-order valence-corrected chi connectivity index (χ4v) is 13.1. The van der Waals surface area contributed by atoms with Gasteiger partial charge in [-0.25, -0.2) is 9.97 Å². The summed E-state index contributed by atoms with van der Waals surface area (Å²) in [4.78, 5) is 10.8. The lowest BCUT2D eigenvalue weighted by Gasteiger charge is -2.61. The quantitative estimate of drug-likeness (QED) is 0.181. The van der Waals surface area contributed by atoms with Crippen molar-refractivity contribution in [1.29, 1.82) is 0 Å². The van der Waals surface area contributed by atoms with Gasteiger partial charge in [0.2, 0.25) is 5.95 Å². The minimum Gasteiger partial charge on any atom is -0.456 e. The Labute approximate surface area is 335 Å². The summed E-state index contributed by atoms with van der Waals surface area (Å²) in [5.41, 5.74) is 15.6. The molecule has 3 heterocycles. The number of rotatable bonds is 3. The van der Waals surface area contributed by atoms with Crippen molar-refractivity contribution in [3.8, 4) is 39.5 Å². The molecule has 1 spiro atoms. The van der Waals surface area contributed by atoms with E-state index in [2.05, 4.69) is 144 Å². The molecular formula is C54H39N3O. The number of fused-ring (bicyclic) bond motifs is 10. The molecule has 4 nitrogen and oxygen atoms in total. The van der Waals surface area contributed by atoms with Crippen molar-refractivity contribution < 1.29 is 4.42 Å². The number of hydrogen-bond donors (Lipinski definition) is 0. The van der Waals surface area contributed by atoms with E-state index in [0.29, 0.717) is 5.95 Å². The molecule has 5 aliphatic rings. The van der Waals surface area contributed by atoms with E-state index in [1.165, 1.54) is 65.1 Å². The number of para-hydroxylation sites is 3. The highest BCUT2D eigenvalue weighted by molar-refractivity contribution is 6.17. The SMILES string of the molecule is c1ccc2c(c1)-c1c(-c3cccc4c3c3ccccc3n4-c3nc(-c4ccc5c(c4)oc4ccccc45)c4ccccc4n3)cccc1C21C2CC3CC(C2)CC1C3. The second-order valence-corrected chi connectivity index (χ2v) is 17.7. The van der Waals surface area contributed by atoms with Crippen LogP contribution in [0.3, 0.4) is 0 Å². The molecule has 4 saturated carbocycles. The van der Waals surface area contributed by atoms with Gasteiger partial charge >= 0.3 is 0 Å². The van der Waals surface area contributed by atoms with Gasteiger partial charge in [0.05, 0.1) is 22.2 Å². The highest BCUT2D eigenvalue weighted by atomic mass is 16.3. The first-order valence-corrected chi connectivity index (χ1v) is 21.2. The van der Waals surface area contributed by atoms with E-state index in [-0.39, 0.29) is 5.41 Å². The van der Waals surface area contributed by atoms with Crippen LogP contribution in [0.25, 0.3) is 94.1 Å². The summed E-state index contributed by atoms with van der Waals surface area (Å²) in [6, 6.07) is 55.6. The van der Waals surface area contributed by atoms with Crippen molar-refractivity contribution in [2.24, 2.45) is 23.7 Å². The second kappa shape index (κ2) is 11.3. The Kier molecular flexibility index (Phi) is 6.16. The first-order valence-electron chi connectivity index (χ1n) is 21.2. The zero-order chi connectivity index (χ0) is 37.7. The molecule has 0 aliphatic heterocycles. The third-order valence-electron chi connectivity index (χ3n) is 15.0. The lowest BCUT2D eigenvalue weighted by atomic mass is 9.43. The summed E-state index contributed by atoms with van der Waals surface area (Å²) in [5, 5.41) is 5.71. The predicted octanol–water partition coefficient (Wildman–Crippen LogP) is 13.7. The van der Waals surface area contributed by atoms with Crippen LogP contribution < -0.4 is 0 Å². The van der Waals surface area contributed by atoms with Crippen LogP contribution in [0, 0.1) is 23.7 Å². The third-order valence-corrected chi connectivity index (χ3v) is 15.0. The van der Waals surface area contributed by atoms with E-state index in [9.17, 15) is 0 Å². The monoisotopic (exact) mass is 745 g/mol. The van der Waals surface area contributed by atoms with Crippen molar-refractivity contribution >= 4 is 54.6 Å². The summed E-state index contributed by atoms with van der Waals surface area (Å²) < 4.78 is 8.66. The molecule has 58 heavy (non-hydrogen) atoms. The number of hydrogen-bond acceptors (Lipinski definition) is 3. The maximum absolute atomic E-state index is 6.37. The van der Waals surface area contributed by atoms with Crippen LogP contribution in [0.1, 0.15) is 43.2 Å². The Morgan fingerprint density at radius 2 is 1.16 bits per heavy atom. The first kappa shape index (κ1) is 31.6. The van der Waals surface area contributed by atoms with Gasteiger partial charge in [-0.1, -0.05) is 115 Å². The molecule has 7 aromatic carbocycles. The molecule has 0 N–H and O–H groups in total. The number of benzene rings is 7. The molecule has 0 saturated heterocycles. The van der Waals surface area contributed by atoms with Crippen molar-refractivity contribution in [3.63, 3.8) is 0 Å². The van der Waals surface area contributed by atoms with Crippen molar-refractivity contribution in [3.05, 3.63) is 163 Å². The van der Waals surface area contributed by atoms with Gasteiger partial charge in [0.1, 0.15) is 11.2 Å². The Morgan fingerprint density at radius 1 is 0.500 bits per heavy atom. The first-order chi connectivity index (χ1) is 28.7. The summed E-state index contributed by atoms with van der Waals surface area (Å²) in [7, 11) is 0. The van der Waals surface area contributed by atoms with Crippen LogP contribution in [0.15, 0.2) is 156 Å². The fraction of sp³-hybridized carbons (Fsp3) is 0.185. The van der Waals surface area contributed by atoms with E-state index in [4.69, 9.17) is 14.4 Å². The topological polar surface area (TPSA) is 43.9 Å². The van der Waals surface area contributed by atoms with E-state index in [0.717, 1.165) is 78.8 Å². The summed E-state index contributed by atoms with van der Waals surface area (Å²) in [6.07, 6.45) is 6.99. The van der Waals surface area contributed by atoms with Crippen LogP contribution in [0.2, 0.25) is 0 Å². The number of aromatic nitrogens is 3. The van der Waals surface area contributed by atoms with Crippen molar-refractivity contribution in [1.82, 2.24) is 14.5 Å². The molecule has 4 heteroatoms. The third kappa shape index (κ3) is 4.00. The van der Waals surface area contributed by atoms with E-state index in [1.807, 2.05) is 12.1 Å². The summed E-state index contributed by atoms with van der Waals surface area (Å²) >= 11 is 0. The van der Waals surface area contributed by atoms with Crippen LogP contribution in [-0.4, -0.2) is 14.5 Å². The minimum atomic E-state index is 0.123. The standard InChI is InChI=1S/C54H39N3O/c1-5-17-43-40(12-1)50-38(15-9-18-44(50)54(43)34-26-31-25-32(28-34)29-35(54)27-31)39-16-10-21-47-51(39)42-14-3-7-20-46(42)57(47)53-55-45-19-6-2-13-41(45)52(56-53)33-23-24-37-36-11-4-8-22-48(36)58-49(37)30-33/h1-24,30-32,34-35H,25-29H2. The van der Waals surface area contributed by atoms with Crippen molar-refractivity contribution in [2.75, 3.05) is 0 Å². The maximum atomic E-state index is 6.37. The van der Waals surface area contributed by atoms with Gasteiger partial charge in [0.25, 0.3) is 0 Å². The Hall–Kier alpha value is -6.52. The highest BCUT2D eigenvalue weighted by Crippen LogP contribution is 2.70. The van der Waals surface area contributed by atoms with Crippen LogP contribution in [0.4, 0.5) is 0 Å². The normalized spacial score (nSPS) is 22.9. The molecule has 15 rings (SSSR count). The molecule has 276 valence electrons. The predicted molar refractivity (Wildman–Crippen MR) is 235 cm³/mol. The molecule has 3 aromatic heterocycles. The zero-order valence-electron chi connectivity index (χ0n) is 32.0. The fourth-order valence-electron chi connectivity index (χ4n) is 13.1. The van der Waals surface area contributed by atoms with Gasteiger partial charge in [-0.15, -0.1) is 0 Å². The largest absolute Gasteiger partial charge is 0.456 e.